The molecule has 9 heteroatoms. The largest absolute Gasteiger partial charge is 0.417 e. The summed E-state index contributed by atoms with van der Waals surface area (Å²) < 4.78 is 54.0. The van der Waals surface area contributed by atoms with Crippen molar-refractivity contribution < 1.29 is 22.4 Å². The standard InChI is InChI=1S/C23H24F4N4O/c1-14(2)20-16(12-30-31(20)19-10-9-15(11-28-19)23(25,26)27)21(32)29-13-22(3,4)17-7-5-6-8-18(17)24/h5-12,14H,13H2,1-4H3,(H,29,32). The summed E-state index contributed by atoms with van der Waals surface area (Å²) >= 11 is 0. The van der Waals surface area contributed by atoms with Gasteiger partial charge in [-0.25, -0.2) is 14.1 Å². The Morgan fingerprint density at radius 3 is 2.34 bits per heavy atom. The van der Waals surface area contributed by atoms with Gasteiger partial charge in [0.2, 0.25) is 0 Å². The second-order valence-corrected chi connectivity index (χ2v) is 8.46. The van der Waals surface area contributed by atoms with Gasteiger partial charge >= 0.3 is 6.18 Å². The zero-order valence-corrected chi connectivity index (χ0v) is 18.2. The Labute approximate surface area is 183 Å². The minimum atomic E-state index is -4.49. The highest BCUT2D eigenvalue weighted by Gasteiger charge is 2.31. The molecular formula is C23H24F4N4O. The predicted molar refractivity (Wildman–Crippen MR) is 112 cm³/mol. The van der Waals surface area contributed by atoms with E-state index in [-0.39, 0.29) is 29.7 Å². The molecule has 170 valence electrons. The van der Waals surface area contributed by atoms with Gasteiger partial charge in [0.1, 0.15) is 5.82 Å². The molecule has 1 N–H and O–H groups in total. The van der Waals surface area contributed by atoms with Crippen LogP contribution in [0.15, 0.2) is 48.8 Å². The van der Waals surface area contributed by atoms with E-state index in [2.05, 4.69) is 15.4 Å². The monoisotopic (exact) mass is 448 g/mol. The van der Waals surface area contributed by atoms with Gasteiger partial charge in [-0.15, -0.1) is 0 Å². The number of aromatic nitrogens is 3. The van der Waals surface area contributed by atoms with Gasteiger partial charge in [0.05, 0.1) is 23.0 Å². The van der Waals surface area contributed by atoms with Gasteiger partial charge in [0, 0.05) is 18.2 Å². The summed E-state index contributed by atoms with van der Waals surface area (Å²) in [5, 5.41) is 7.02. The molecule has 1 aromatic carbocycles. The van der Waals surface area contributed by atoms with Gasteiger partial charge in [-0.3, -0.25) is 4.79 Å². The fourth-order valence-corrected chi connectivity index (χ4v) is 3.45. The highest BCUT2D eigenvalue weighted by molar-refractivity contribution is 5.95. The third kappa shape index (κ3) is 4.81. The first-order valence-electron chi connectivity index (χ1n) is 10.1. The SMILES string of the molecule is CC(C)c1c(C(=O)NCC(C)(C)c2ccccc2F)cnn1-c1ccc(C(F)(F)F)cn1. The van der Waals surface area contributed by atoms with E-state index in [4.69, 9.17) is 0 Å². The summed E-state index contributed by atoms with van der Waals surface area (Å²) in [5.41, 5.74) is -0.254. The molecule has 0 aliphatic carbocycles. The average Bonchev–Trinajstić information content (AvgIpc) is 3.17. The smallest absolute Gasteiger partial charge is 0.351 e. The molecule has 3 aromatic rings. The number of nitrogens with one attached hydrogen (secondary N) is 1. The first-order chi connectivity index (χ1) is 14.9. The number of carbonyl (C=O) groups is 1. The number of benzene rings is 1. The lowest BCUT2D eigenvalue weighted by Crippen LogP contribution is -2.37. The minimum Gasteiger partial charge on any atom is -0.351 e. The van der Waals surface area contributed by atoms with E-state index in [0.29, 0.717) is 11.3 Å². The summed E-state index contributed by atoms with van der Waals surface area (Å²) in [7, 11) is 0. The van der Waals surface area contributed by atoms with Gasteiger partial charge < -0.3 is 5.32 Å². The summed E-state index contributed by atoms with van der Waals surface area (Å²) in [4.78, 5) is 16.8. The Morgan fingerprint density at radius 1 is 1.09 bits per heavy atom. The van der Waals surface area contributed by atoms with E-state index < -0.39 is 23.1 Å². The van der Waals surface area contributed by atoms with Crippen molar-refractivity contribution in [2.75, 3.05) is 6.54 Å². The summed E-state index contributed by atoms with van der Waals surface area (Å²) in [6.45, 7) is 7.51. The Morgan fingerprint density at radius 2 is 1.78 bits per heavy atom. The number of nitrogens with zero attached hydrogens (tertiary/aromatic N) is 3. The highest BCUT2D eigenvalue weighted by Crippen LogP contribution is 2.30. The lowest BCUT2D eigenvalue weighted by molar-refractivity contribution is -0.137. The molecule has 0 bridgehead atoms. The predicted octanol–water partition coefficient (Wildman–Crippen LogP) is 5.26. The Kier molecular flexibility index (Phi) is 6.39. The normalized spacial score (nSPS) is 12.3. The number of carbonyl (C=O) groups excluding carboxylic acids is 1. The minimum absolute atomic E-state index is 0.165. The topological polar surface area (TPSA) is 59.8 Å². The number of pyridine rings is 1. The first kappa shape index (κ1) is 23.4. The van der Waals surface area contributed by atoms with Gasteiger partial charge in [-0.2, -0.15) is 18.3 Å². The van der Waals surface area contributed by atoms with Gasteiger partial charge in [0.25, 0.3) is 5.91 Å². The molecule has 1 amide bonds. The molecule has 0 saturated heterocycles. The molecule has 2 heterocycles. The molecule has 0 saturated carbocycles. The van der Waals surface area contributed by atoms with Crippen molar-refractivity contribution in [1.29, 1.82) is 0 Å². The average molecular weight is 448 g/mol. The molecule has 0 spiro atoms. The molecular weight excluding hydrogens is 424 g/mol. The van der Waals surface area contributed by atoms with Gasteiger partial charge in [-0.1, -0.05) is 45.9 Å². The van der Waals surface area contributed by atoms with Crippen LogP contribution >= 0.6 is 0 Å². The van der Waals surface area contributed by atoms with Crippen LogP contribution in [-0.2, 0) is 11.6 Å². The quantitative estimate of drug-likeness (QED) is 0.524. The second-order valence-electron chi connectivity index (χ2n) is 8.46. The third-order valence-corrected chi connectivity index (χ3v) is 5.18. The van der Waals surface area contributed by atoms with Crippen LogP contribution in [-0.4, -0.2) is 27.2 Å². The third-order valence-electron chi connectivity index (χ3n) is 5.18. The molecule has 0 aliphatic rings. The highest BCUT2D eigenvalue weighted by atomic mass is 19.4. The molecule has 0 aliphatic heterocycles. The van der Waals surface area contributed by atoms with E-state index in [0.717, 1.165) is 12.3 Å². The molecule has 0 fully saturated rings. The Bertz CT molecular complexity index is 1100. The lowest BCUT2D eigenvalue weighted by Gasteiger charge is -2.26. The van der Waals surface area contributed by atoms with Crippen molar-refractivity contribution >= 4 is 5.91 Å². The fourth-order valence-electron chi connectivity index (χ4n) is 3.45. The van der Waals surface area contributed by atoms with Gasteiger partial charge in [-0.05, 0) is 29.7 Å². The van der Waals surface area contributed by atoms with E-state index in [1.54, 1.807) is 18.2 Å². The fraction of sp³-hybridized carbons (Fsp3) is 0.348. The maximum Gasteiger partial charge on any atom is 0.417 e. The molecule has 0 atom stereocenters. The van der Waals surface area contributed by atoms with Crippen LogP contribution in [0.1, 0.15) is 60.8 Å². The summed E-state index contributed by atoms with van der Waals surface area (Å²) in [5.74, 6) is -0.749. The van der Waals surface area contributed by atoms with Crippen molar-refractivity contribution in [3.8, 4) is 5.82 Å². The number of rotatable bonds is 6. The van der Waals surface area contributed by atoms with Crippen molar-refractivity contribution in [3.63, 3.8) is 0 Å². The lowest BCUT2D eigenvalue weighted by atomic mass is 9.84. The second kappa shape index (κ2) is 8.72. The van der Waals surface area contributed by atoms with Crippen LogP contribution in [0.4, 0.5) is 17.6 Å². The number of hydrogen-bond acceptors (Lipinski definition) is 3. The van der Waals surface area contributed by atoms with Crippen LogP contribution < -0.4 is 5.32 Å². The summed E-state index contributed by atoms with van der Waals surface area (Å²) in [6.07, 6.45) is -2.40. The van der Waals surface area contributed by atoms with Crippen LogP contribution in [0.3, 0.4) is 0 Å². The first-order valence-corrected chi connectivity index (χ1v) is 10.1. The molecule has 3 rings (SSSR count). The zero-order chi connectivity index (χ0) is 23.7. The number of hydrogen-bond donors (Lipinski definition) is 1. The zero-order valence-electron chi connectivity index (χ0n) is 18.2. The van der Waals surface area contributed by atoms with Crippen molar-refractivity contribution in [2.45, 2.75) is 45.2 Å². The number of amides is 1. The van der Waals surface area contributed by atoms with Crippen LogP contribution in [0, 0.1) is 5.82 Å². The molecule has 32 heavy (non-hydrogen) atoms. The van der Waals surface area contributed by atoms with E-state index >= 15 is 0 Å². The number of halogens is 4. The Balaban J connectivity index is 1.85. The Hall–Kier alpha value is -3.23. The maximum absolute atomic E-state index is 14.2. The molecule has 5 nitrogen and oxygen atoms in total. The van der Waals surface area contributed by atoms with E-state index in [1.807, 2.05) is 27.7 Å². The van der Waals surface area contributed by atoms with Crippen LogP contribution in [0.25, 0.3) is 5.82 Å². The van der Waals surface area contributed by atoms with Crippen molar-refractivity contribution in [1.82, 2.24) is 20.1 Å². The van der Waals surface area contributed by atoms with Crippen molar-refractivity contribution in [3.05, 3.63) is 77.0 Å². The van der Waals surface area contributed by atoms with E-state index in [1.165, 1.54) is 23.0 Å². The van der Waals surface area contributed by atoms with Crippen LogP contribution in [0.2, 0.25) is 0 Å². The maximum atomic E-state index is 14.2. The molecule has 0 unspecified atom stereocenters. The van der Waals surface area contributed by atoms with Crippen molar-refractivity contribution in [2.24, 2.45) is 0 Å². The molecule has 0 radical (unpaired) electrons. The van der Waals surface area contributed by atoms with E-state index in [9.17, 15) is 22.4 Å². The van der Waals surface area contributed by atoms with Gasteiger partial charge in [0.15, 0.2) is 5.82 Å². The number of alkyl halides is 3. The molecule has 2 aromatic heterocycles. The summed E-state index contributed by atoms with van der Waals surface area (Å²) in [6, 6.07) is 8.52. The van der Waals surface area contributed by atoms with Crippen LogP contribution in [0.5, 0.6) is 0 Å².